The lowest BCUT2D eigenvalue weighted by Gasteiger charge is -2.11. The van der Waals surface area contributed by atoms with Gasteiger partial charge in [0.15, 0.2) is 0 Å². The van der Waals surface area contributed by atoms with E-state index in [2.05, 4.69) is 94.1 Å². The lowest BCUT2D eigenvalue weighted by Crippen LogP contribution is -2.19. The Morgan fingerprint density at radius 3 is 2.37 bits per heavy atom. The molecule has 164 valence electrons. The molecule has 0 radical (unpaired) electrons. The summed E-state index contributed by atoms with van der Waals surface area (Å²) in [5, 5.41) is 4.48. The van der Waals surface area contributed by atoms with Crippen LogP contribution in [-0.4, -0.2) is 19.1 Å². The van der Waals surface area contributed by atoms with Crippen LogP contribution in [0.25, 0.3) is 55.8 Å². The molecule has 0 saturated carbocycles. The van der Waals surface area contributed by atoms with E-state index in [1.807, 2.05) is 24.4 Å². The third kappa shape index (κ3) is 2.55. The van der Waals surface area contributed by atoms with Crippen LogP contribution in [-0.2, 0) is 0 Å². The van der Waals surface area contributed by atoms with Crippen molar-refractivity contribution in [1.29, 1.82) is 0 Å². The smallest absolute Gasteiger partial charge is 0.146 e. The summed E-state index contributed by atoms with van der Waals surface area (Å²) < 4.78 is 4.52. The quantitative estimate of drug-likeness (QED) is 0.360. The van der Waals surface area contributed by atoms with Crippen molar-refractivity contribution < 1.29 is 0 Å². The highest BCUT2D eigenvalue weighted by Gasteiger charge is 2.22. The average Bonchev–Trinajstić information content (AvgIpc) is 3.57. The maximum absolute atomic E-state index is 5.28. The monoisotopic (exact) mass is 449 g/mol. The Hall–Kier alpha value is -4.77. The van der Waals surface area contributed by atoms with E-state index in [-0.39, 0.29) is 6.17 Å². The molecule has 35 heavy (non-hydrogen) atoms. The minimum Gasteiger partial charge on any atom is -0.311 e. The number of fused-ring (bicyclic) bond motifs is 7. The highest BCUT2D eigenvalue weighted by Crippen LogP contribution is 2.37. The van der Waals surface area contributed by atoms with E-state index in [0.717, 1.165) is 54.9 Å². The molecule has 0 saturated heterocycles. The first-order valence-electron chi connectivity index (χ1n) is 11.8. The lowest BCUT2D eigenvalue weighted by molar-refractivity contribution is 0.706. The van der Waals surface area contributed by atoms with Gasteiger partial charge < -0.3 is 4.57 Å². The summed E-state index contributed by atoms with van der Waals surface area (Å²) in [7, 11) is 0. The first kappa shape index (κ1) is 18.6. The maximum Gasteiger partial charge on any atom is 0.146 e. The predicted molar refractivity (Wildman–Crippen MR) is 140 cm³/mol. The molecular weight excluding hydrogens is 430 g/mol. The largest absolute Gasteiger partial charge is 0.311 e. The Bertz CT molecular complexity index is 2030. The summed E-state index contributed by atoms with van der Waals surface area (Å²) in [5.74, 6) is 0. The molecule has 1 aliphatic heterocycles. The highest BCUT2D eigenvalue weighted by molar-refractivity contribution is 6.14. The van der Waals surface area contributed by atoms with Crippen molar-refractivity contribution in [1.82, 2.24) is 19.1 Å². The van der Waals surface area contributed by atoms with E-state index in [1.165, 1.54) is 5.39 Å². The second-order valence-corrected chi connectivity index (χ2v) is 8.92. The van der Waals surface area contributed by atoms with E-state index < -0.39 is 0 Å². The number of pyridine rings is 2. The van der Waals surface area contributed by atoms with Crippen molar-refractivity contribution in [2.45, 2.75) is 6.17 Å². The minimum absolute atomic E-state index is 0.140. The molecule has 1 atom stereocenters. The fourth-order valence-corrected chi connectivity index (χ4v) is 5.48. The Morgan fingerprint density at radius 2 is 1.46 bits per heavy atom. The molecule has 5 heterocycles. The number of aromatic nitrogens is 4. The molecule has 5 nitrogen and oxygen atoms in total. The van der Waals surface area contributed by atoms with Gasteiger partial charge in [-0.1, -0.05) is 54.6 Å². The van der Waals surface area contributed by atoms with Crippen LogP contribution in [0.15, 0.2) is 108 Å². The van der Waals surface area contributed by atoms with Gasteiger partial charge in [-0.3, -0.25) is 14.5 Å². The second-order valence-electron chi connectivity index (χ2n) is 8.92. The van der Waals surface area contributed by atoms with Gasteiger partial charge in [0.2, 0.25) is 0 Å². The van der Waals surface area contributed by atoms with Crippen molar-refractivity contribution in [2.24, 2.45) is 4.99 Å². The Morgan fingerprint density at radius 1 is 0.657 bits per heavy atom. The third-order valence-electron chi connectivity index (χ3n) is 6.97. The number of benzene rings is 3. The molecule has 0 spiro atoms. The topological polar surface area (TPSA) is 48.0 Å². The summed E-state index contributed by atoms with van der Waals surface area (Å²) in [6, 6.07) is 33.6. The van der Waals surface area contributed by atoms with Crippen LogP contribution in [0, 0.1) is 0 Å². The molecule has 8 rings (SSSR count). The molecule has 0 N–H and O–H groups in total. The van der Waals surface area contributed by atoms with Gasteiger partial charge in [-0.2, -0.15) is 0 Å². The van der Waals surface area contributed by atoms with Gasteiger partial charge in [-0.25, -0.2) is 4.98 Å². The summed E-state index contributed by atoms with van der Waals surface area (Å²) in [4.78, 5) is 15.1. The van der Waals surface area contributed by atoms with Crippen LogP contribution in [0.3, 0.4) is 0 Å². The lowest BCUT2D eigenvalue weighted by atomic mass is 10.2. The van der Waals surface area contributed by atoms with E-state index in [4.69, 9.17) is 15.0 Å². The first-order valence-corrected chi connectivity index (χ1v) is 11.8. The van der Waals surface area contributed by atoms with Crippen molar-refractivity contribution in [3.8, 4) is 5.69 Å². The molecule has 0 amide bonds. The average molecular weight is 450 g/mol. The Kier molecular flexibility index (Phi) is 3.66. The summed E-state index contributed by atoms with van der Waals surface area (Å²) in [6.07, 6.45) is 3.92. The second kappa shape index (κ2) is 6.87. The van der Waals surface area contributed by atoms with E-state index in [1.54, 1.807) is 0 Å². The van der Waals surface area contributed by atoms with Gasteiger partial charge in [0.05, 0.1) is 21.9 Å². The normalized spacial score (nSPS) is 15.0. The van der Waals surface area contributed by atoms with Crippen molar-refractivity contribution in [3.05, 3.63) is 114 Å². The van der Waals surface area contributed by atoms with Crippen LogP contribution in [0.1, 0.15) is 6.17 Å². The Labute approximate surface area is 199 Å². The van der Waals surface area contributed by atoms with Gasteiger partial charge in [0.1, 0.15) is 22.8 Å². The number of hydrogen-bond donors (Lipinski definition) is 0. The number of rotatable bonds is 2. The molecule has 4 aromatic heterocycles. The fraction of sp³-hybridized carbons (Fsp3) is 0.0333. The van der Waals surface area contributed by atoms with Gasteiger partial charge in [0.25, 0.3) is 0 Å². The van der Waals surface area contributed by atoms with Crippen LogP contribution in [0.4, 0.5) is 0 Å². The van der Waals surface area contributed by atoms with Gasteiger partial charge in [-0.15, -0.1) is 0 Å². The molecule has 0 fully saturated rings. The van der Waals surface area contributed by atoms with Crippen LogP contribution < -0.4 is 10.6 Å². The van der Waals surface area contributed by atoms with Crippen LogP contribution in [0.5, 0.6) is 0 Å². The predicted octanol–water partition coefficient (Wildman–Crippen LogP) is 5.29. The fourth-order valence-electron chi connectivity index (χ4n) is 5.48. The zero-order chi connectivity index (χ0) is 22.9. The van der Waals surface area contributed by atoms with E-state index >= 15 is 0 Å². The number of hydrogen-bond acceptors (Lipinski definition) is 3. The van der Waals surface area contributed by atoms with Crippen molar-refractivity contribution >= 4 is 50.1 Å². The van der Waals surface area contributed by atoms with Crippen molar-refractivity contribution in [2.75, 3.05) is 0 Å². The third-order valence-corrected chi connectivity index (χ3v) is 6.97. The maximum atomic E-state index is 5.28. The molecule has 0 aliphatic carbocycles. The van der Waals surface area contributed by atoms with Gasteiger partial charge in [0, 0.05) is 22.7 Å². The molecular formula is C30H19N5. The zero-order valence-electron chi connectivity index (χ0n) is 18.7. The molecule has 5 heteroatoms. The standard InChI is InChI=1S/C30H19N5/c1-2-10-20(11-3-1)34-24-14-7-5-12-21(24)22-18-26-29(33-30(22)34)28-25(15-8-16-31-28)35(26)27-17-19-9-4-6-13-23(19)32-27/h1-18,27H. The Balaban J connectivity index is 1.53. The minimum atomic E-state index is -0.140. The molecule has 1 aliphatic rings. The number of para-hydroxylation sites is 3. The van der Waals surface area contributed by atoms with E-state index in [9.17, 15) is 0 Å². The molecule has 1 unspecified atom stereocenters. The van der Waals surface area contributed by atoms with E-state index in [0.29, 0.717) is 0 Å². The molecule has 7 aromatic rings. The van der Waals surface area contributed by atoms with Crippen LogP contribution >= 0.6 is 0 Å². The SMILES string of the molecule is C1=c2ccccc2=NC1n1c2cccnc2c2nc3c(cc21)c1ccccc1n3-c1ccccc1. The highest BCUT2D eigenvalue weighted by atomic mass is 15.2. The van der Waals surface area contributed by atoms with Gasteiger partial charge >= 0.3 is 0 Å². The zero-order valence-corrected chi connectivity index (χ0v) is 18.7. The van der Waals surface area contributed by atoms with Gasteiger partial charge in [-0.05, 0) is 53.8 Å². The summed E-state index contributed by atoms with van der Waals surface area (Å²) in [5.41, 5.74) is 7.04. The van der Waals surface area contributed by atoms with Crippen molar-refractivity contribution in [3.63, 3.8) is 0 Å². The molecule has 0 bridgehead atoms. The summed E-state index contributed by atoms with van der Waals surface area (Å²) in [6.45, 7) is 0. The number of nitrogens with zero attached hydrogens (tertiary/aromatic N) is 5. The molecule has 3 aromatic carbocycles. The van der Waals surface area contributed by atoms with Crippen LogP contribution in [0.2, 0.25) is 0 Å². The summed E-state index contributed by atoms with van der Waals surface area (Å²) >= 11 is 0. The first-order chi connectivity index (χ1) is 17.4.